The molecule has 0 aromatic heterocycles. The average molecular weight is 246 g/mol. The SMILES string of the molecule is O=[N+]([O-])c1ccccc1CNC(C1CC1)C1CC1. The van der Waals surface area contributed by atoms with Crippen molar-refractivity contribution in [3.63, 3.8) is 0 Å². The summed E-state index contributed by atoms with van der Waals surface area (Å²) in [4.78, 5) is 10.6. The maximum absolute atomic E-state index is 10.9. The summed E-state index contributed by atoms with van der Waals surface area (Å²) in [6.45, 7) is 0.620. The number of benzene rings is 1. The van der Waals surface area contributed by atoms with E-state index >= 15 is 0 Å². The summed E-state index contributed by atoms with van der Waals surface area (Å²) in [5, 5.41) is 14.5. The number of hydrogen-bond acceptors (Lipinski definition) is 3. The van der Waals surface area contributed by atoms with Gasteiger partial charge in [-0.15, -0.1) is 0 Å². The van der Waals surface area contributed by atoms with E-state index < -0.39 is 0 Å². The van der Waals surface area contributed by atoms with Crippen molar-refractivity contribution in [3.05, 3.63) is 39.9 Å². The van der Waals surface area contributed by atoms with Crippen molar-refractivity contribution in [1.29, 1.82) is 0 Å². The first-order chi connectivity index (χ1) is 8.75. The predicted molar refractivity (Wildman–Crippen MR) is 69.2 cm³/mol. The lowest BCUT2D eigenvalue weighted by molar-refractivity contribution is -0.385. The normalized spacial score (nSPS) is 19.2. The fourth-order valence-corrected chi connectivity index (χ4v) is 2.70. The molecule has 0 unspecified atom stereocenters. The highest BCUT2D eigenvalue weighted by Crippen LogP contribution is 2.44. The van der Waals surface area contributed by atoms with Gasteiger partial charge in [0.2, 0.25) is 0 Å². The second kappa shape index (κ2) is 4.69. The fourth-order valence-electron chi connectivity index (χ4n) is 2.70. The van der Waals surface area contributed by atoms with Gasteiger partial charge in [-0.3, -0.25) is 10.1 Å². The molecule has 0 aliphatic heterocycles. The Balaban J connectivity index is 1.66. The van der Waals surface area contributed by atoms with Crippen LogP contribution in [0.2, 0.25) is 0 Å². The number of nitrogens with one attached hydrogen (secondary N) is 1. The molecule has 1 N–H and O–H groups in total. The third-order valence-electron chi connectivity index (χ3n) is 3.98. The Bertz CT molecular complexity index is 441. The highest BCUT2D eigenvalue weighted by atomic mass is 16.6. The highest BCUT2D eigenvalue weighted by Gasteiger charge is 2.41. The zero-order valence-corrected chi connectivity index (χ0v) is 10.3. The fraction of sp³-hybridized carbons (Fsp3) is 0.571. The van der Waals surface area contributed by atoms with Gasteiger partial charge in [-0.25, -0.2) is 0 Å². The van der Waals surface area contributed by atoms with E-state index in [1.165, 1.54) is 25.7 Å². The summed E-state index contributed by atoms with van der Waals surface area (Å²) < 4.78 is 0. The van der Waals surface area contributed by atoms with E-state index in [0.29, 0.717) is 12.6 Å². The molecule has 0 saturated heterocycles. The van der Waals surface area contributed by atoms with E-state index in [2.05, 4.69) is 5.32 Å². The molecule has 18 heavy (non-hydrogen) atoms. The minimum atomic E-state index is -0.291. The predicted octanol–water partition coefficient (Wildman–Crippen LogP) is 2.87. The van der Waals surface area contributed by atoms with Crippen LogP contribution in [-0.2, 0) is 6.54 Å². The van der Waals surface area contributed by atoms with Crippen LogP contribution in [0.1, 0.15) is 31.2 Å². The zero-order chi connectivity index (χ0) is 12.5. The molecular formula is C14H18N2O2. The zero-order valence-electron chi connectivity index (χ0n) is 10.3. The van der Waals surface area contributed by atoms with Gasteiger partial charge in [0.05, 0.1) is 4.92 Å². The molecule has 2 fully saturated rings. The van der Waals surface area contributed by atoms with Crippen LogP contribution in [0.15, 0.2) is 24.3 Å². The maximum atomic E-state index is 10.9. The third-order valence-corrected chi connectivity index (χ3v) is 3.98. The summed E-state index contributed by atoms with van der Waals surface area (Å²) >= 11 is 0. The lowest BCUT2D eigenvalue weighted by atomic mass is 10.1. The summed E-state index contributed by atoms with van der Waals surface area (Å²) in [5.74, 6) is 1.64. The topological polar surface area (TPSA) is 55.2 Å². The van der Waals surface area contributed by atoms with E-state index in [9.17, 15) is 10.1 Å². The summed E-state index contributed by atoms with van der Waals surface area (Å²) in [5.41, 5.74) is 1.03. The van der Waals surface area contributed by atoms with Crippen molar-refractivity contribution >= 4 is 5.69 Å². The molecule has 4 nitrogen and oxygen atoms in total. The second-order valence-electron chi connectivity index (χ2n) is 5.47. The van der Waals surface area contributed by atoms with Crippen molar-refractivity contribution < 1.29 is 4.92 Å². The van der Waals surface area contributed by atoms with Crippen molar-refractivity contribution in [1.82, 2.24) is 5.32 Å². The summed E-state index contributed by atoms with van der Waals surface area (Å²) in [6, 6.07) is 7.61. The number of hydrogen-bond donors (Lipinski definition) is 1. The van der Waals surface area contributed by atoms with Gasteiger partial charge >= 0.3 is 0 Å². The lowest BCUT2D eigenvalue weighted by Gasteiger charge is -2.17. The molecule has 0 atom stereocenters. The number of nitrogens with zero attached hydrogens (tertiary/aromatic N) is 1. The lowest BCUT2D eigenvalue weighted by Crippen LogP contribution is -2.32. The molecule has 96 valence electrons. The van der Waals surface area contributed by atoms with Gasteiger partial charge in [0, 0.05) is 24.2 Å². The van der Waals surface area contributed by atoms with E-state index in [4.69, 9.17) is 0 Å². The van der Waals surface area contributed by atoms with Gasteiger partial charge in [0.25, 0.3) is 5.69 Å². The Morgan fingerprint density at radius 1 is 1.22 bits per heavy atom. The van der Waals surface area contributed by atoms with Gasteiger partial charge in [0.1, 0.15) is 0 Å². The monoisotopic (exact) mass is 246 g/mol. The van der Waals surface area contributed by atoms with Gasteiger partial charge in [0.15, 0.2) is 0 Å². The van der Waals surface area contributed by atoms with E-state index in [1.54, 1.807) is 12.1 Å². The summed E-state index contributed by atoms with van der Waals surface area (Å²) in [6.07, 6.45) is 5.30. The largest absolute Gasteiger partial charge is 0.309 e. The molecule has 1 aromatic rings. The Morgan fingerprint density at radius 3 is 2.39 bits per heavy atom. The van der Waals surface area contributed by atoms with Gasteiger partial charge in [-0.2, -0.15) is 0 Å². The summed E-state index contributed by atoms with van der Waals surface area (Å²) in [7, 11) is 0. The number of rotatable bonds is 6. The Labute approximate surface area is 107 Å². The Kier molecular flexibility index (Phi) is 3.04. The molecule has 0 spiro atoms. The number of nitro groups is 1. The molecular weight excluding hydrogens is 228 g/mol. The van der Waals surface area contributed by atoms with Crippen LogP contribution in [-0.4, -0.2) is 11.0 Å². The molecule has 2 aliphatic rings. The third kappa shape index (κ3) is 2.53. The molecule has 2 aliphatic carbocycles. The maximum Gasteiger partial charge on any atom is 0.273 e. The molecule has 0 radical (unpaired) electrons. The van der Waals surface area contributed by atoms with Crippen LogP contribution in [0.4, 0.5) is 5.69 Å². The van der Waals surface area contributed by atoms with E-state index in [1.807, 2.05) is 12.1 Å². The molecule has 0 heterocycles. The molecule has 2 saturated carbocycles. The number of para-hydroxylation sites is 1. The molecule has 1 aromatic carbocycles. The molecule has 0 bridgehead atoms. The van der Waals surface area contributed by atoms with E-state index in [-0.39, 0.29) is 10.6 Å². The van der Waals surface area contributed by atoms with Crippen molar-refractivity contribution in [2.24, 2.45) is 11.8 Å². The molecule has 0 amide bonds. The second-order valence-corrected chi connectivity index (χ2v) is 5.47. The standard InChI is InChI=1S/C14H18N2O2/c17-16(18)13-4-2-1-3-12(13)9-15-14(10-5-6-10)11-7-8-11/h1-4,10-11,14-15H,5-9H2. The smallest absolute Gasteiger partial charge is 0.273 e. The van der Waals surface area contributed by atoms with Crippen molar-refractivity contribution in [2.45, 2.75) is 38.3 Å². The molecule has 3 rings (SSSR count). The van der Waals surface area contributed by atoms with Crippen LogP contribution in [0.25, 0.3) is 0 Å². The Hall–Kier alpha value is -1.42. The van der Waals surface area contributed by atoms with Crippen LogP contribution in [0, 0.1) is 22.0 Å². The van der Waals surface area contributed by atoms with Gasteiger partial charge in [-0.05, 0) is 37.5 Å². The minimum Gasteiger partial charge on any atom is -0.309 e. The van der Waals surface area contributed by atoms with Crippen LogP contribution >= 0.6 is 0 Å². The number of nitro benzene ring substituents is 1. The molecule has 4 heteroatoms. The van der Waals surface area contributed by atoms with Crippen molar-refractivity contribution in [3.8, 4) is 0 Å². The highest BCUT2D eigenvalue weighted by molar-refractivity contribution is 5.39. The van der Waals surface area contributed by atoms with Crippen molar-refractivity contribution in [2.75, 3.05) is 0 Å². The van der Waals surface area contributed by atoms with Crippen LogP contribution < -0.4 is 5.32 Å². The first-order valence-corrected chi connectivity index (χ1v) is 6.71. The van der Waals surface area contributed by atoms with Gasteiger partial charge < -0.3 is 5.32 Å². The minimum absolute atomic E-state index is 0.232. The first kappa shape index (κ1) is 11.7. The first-order valence-electron chi connectivity index (χ1n) is 6.71. The van der Waals surface area contributed by atoms with Crippen LogP contribution in [0.5, 0.6) is 0 Å². The quantitative estimate of drug-likeness (QED) is 0.620. The van der Waals surface area contributed by atoms with E-state index in [0.717, 1.165) is 17.4 Å². The average Bonchev–Trinajstić information content (AvgIpc) is 3.24. The van der Waals surface area contributed by atoms with Gasteiger partial charge in [-0.1, -0.05) is 18.2 Å². The Morgan fingerprint density at radius 2 is 1.83 bits per heavy atom. The van der Waals surface area contributed by atoms with Crippen LogP contribution in [0.3, 0.4) is 0 Å².